The number of nitrogens with zero attached hydrogens (tertiary/aromatic N) is 3. The van der Waals surface area contributed by atoms with Crippen molar-refractivity contribution in [1.29, 1.82) is 0 Å². The van der Waals surface area contributed by atoms with Crippen LogP contribution in [-0.2, 0) is 23.2 Å². The van der Waals surface area contributed by atoms with Crippen LogP contribution in [0.25, 0.3) is 0 Å². The highest BCUT2D eigenvalue weighted by atomic mass is 16.2. The number of carbonyl (C=O) groups is 1. The first-order chi connectivity index (χ1) is 12.2. The van der Waals surface area contributed by atoms with Gasteiger partial charge in [-0.25, -0.2) is 4.68 Å². The average molecular weight is 336 g/mol. The zero-order chi connectivity index (χ0) is 16.9. The number of aryl methyl sites for hydroxylation is 1. The van der Waals surface area contributed by atoms with Gasteiger partial charge in [-0.05, 0) is 55.6 Å². The fourth-order valence-electron chi connectivity index (χ4n) is 4.63. The summed E-state index contributed by atoms with van der Waals surface area (Å²) in [4.78, 5) is 12.3. The monoisotopic (exact) mass is 336 g/mol. The lowest BCUT2D eigenvalue weighted by Crippen LogP contribution is -2.31. The van der Waals surface area contributed by atoms with Gasteiger partial charge in [0, 0.05) is 24.1 Å². The molecule has 1 amide bonds. The molecule has 3 aliphatic carbocycles. The highest BCUT2D eigenvalue weighted by molar-refractivity contribution is 5.75. The maximum atomic E-state index is 12.3. The summed E-state index contributed by atoms with van der Waals surface area (Å²) in [5.41, 5.74) is 4.41. The zero-order valence-electron chi connectivity index (χ0n) is 14.4. The first-order valence-electron chi connectivity index (χ1n) is 9.50. The molecule has 2 fully saturated rings. The highest BCUT2D eigenvalue weighted by Crippen LogP contribution is 2.59. The highest BCUT2D eigenvalue weighted by Gasteiger charge is 2.56. The van der Waals surface area contributed by atoms with Crippen molar-refractivity contribution < 1.29 is 4.79 Å². The van der Waals surface area contributed by atoms with Crippen molar-refractivity contribution >= 4 is 5.91 Å². The topological polar surface area (TPSA) is 59.8 Å². The Hall–Kier alpha value is -2.17. The van der Waals surface area contributed by atoms with E-state index in [1.165, 1.54) is 49.7 Å². The minimum Gasteiger partial charge on any atom is -0.354 e. The average Bonchev–Trinajstić information content (AvgIpc) is 3.54. The number of rotatable bonds is 5. The van der Waals surface area contributed by atoms with E-state index in [9.17, 15) is 4.79 Å². The van der Waals surface area contributed by atoms with E-state index in [0.717, 1.165) is 12.2 Å². The van der Waals surface area contributed by atoms with E-state index in [-0.39, 0.29) is 12.5 Å². The molecule has 0 unspecified atom stereocenters. The van der Waals surface area contributed by atoms with E-state index in [2.05, 4.69) is 39.9 Å². The normalized spacial score (nSPS) is 27.1. The summed E-state index contributed by atoms with van der Waals surface area (Å²) >= 11 is 0. The van der Waals surface area contributed by atoms with Crippen LogP contribution in [0.5, 0.6) is 0 Å². The molecular formula is C20H24N4O. The number of fused-ring (bicyclic) bond motifs is 2. The molecule has 2 aromatic rings. The van der Waals surface area contributed by atoms with Gasteiger partial charge in [-0.2, -0.15) is 0 Å². The van der Waals surface area contributed by atoms with Crippen molar-refractivity contribution in [2.75, 3.05) is 6.54 Å². The predicted octanol–water partition coefficient (Wildman–Crippen LogP) is 2.57. The van der Waals surface area contributed by atoms with Gasteiger partial charge in [0.15, 0.2) is 0 Å². The zero-order valence-corrected chi connectivity index (χ0v) is 14.4. The number of carbonyl (C=O) groups excluding carboxylic acids is 1. The number of hydrogen-bond acceptors (Lipinski definition) is 3. The Morgan fingerprint density at radius 2 is 2.20 bits per heavy atom. The molecule has 130 valence electrons. The standard InChI is InChI=1S/C20H24N4O/c25-19(13-24-12-18(22-23-24)15-7-8-15)21-11-16-10-20(16)9-3-5-14-4-1-2-6-17(14)20/h1-2,4,6,12,15-16H,3,5,7-11,13H2,(H,21,25)/t16-,20-/m1/s1. The van der Waals surface area contributed by atoms with Crippen LogP contribution in [0.3, 0.4) is 0 Å². The summed E-state index contributed by atoms with van der Waals surface area (Å²) in [6, 6.07) is 8.87. The van der Waals surface area contributed by atoms with Crippen LogP contribution >= 0.6 is 0 Å². The van der Waals surface area contributed by atoms with E-state index in [1.54, 1.807) is 4.68 Å². The van der Waals surface area contributed by atoms with Gasteiger partial charge in [-0.15, -0.1) is 5.10 Å². The van der Waals surface area contributed by atoms with Gasteiger partial charge in [0.05, 0.1) is 5.69 Å². The predicted molar refractivity (Wildman–Crippen MR) is 94.2 cm³/mol. The summed E-state index contributed by atoms with van der Waals surface area (Å²) in [6.07, 6.45) is 9.27. The van der Waals surface area contributed by atoms with Gasteiger partial charge in [-0.3, -0.25) is 4.79 Å². The van der Waals surface area contributed by atoms with Crippen molar-refractivity contribution in [3.8, 4) is 0 Å². The van der Waals surface area contributed by atoms with E-state index in [0.29, 0.717) is 17.3 Å². The Morgan fingerprint density at radius 1 is 1.32 bits per heavy atom. The summed E-state index contributed by atoms with van der Waals surface area (Å²) in [5.74, 6) is 1.20. The number of nitrogens with one attached hydrogen (secondary N) is 1. The van der Waals surface area contributed by atoms with Gasteiger partial charge in [0.1, 0.15) is 6.54 Å². The van der Waals surface area contributed by atoms with E-state index in [1.807, 2.05) is 6.20 Å². The molecule has 25 heavy (non-hydrogen) atoms. The van der Waals surface area contributed by atoms with E-state index < -0.39 is 0 Å². The molecule has 1 aromatic carbocycles. The summed E-state index contributed by atoms with van der Waals surface area (Å²) in [7, 11) is 0. The van der Waals surface area contributed by atoms with Gasteiger partial charge in [0.25, 0.3) is 0 Å². The molecule has 3 aliphatic rings. The van der Waals surface area contributed by atoms with Crippen molar-refractivity contribution in [3.63, 3.8) is 0 Å². The summed E-state index contributed by atoms with van der Waals surface area (Å²) < 4.78 is 1.67. The van der Waals surface area contributed by atoms with Crippen LogP contribution in [0.2, 0.25) is 0 Å². The van der Waals surface area contributed by atoms with E-state index in [4.69, 9.17) is 0 Å². The second-order valence-electron chi connectivity index (χ2n) is 7.99. The molecule has 2 saturated carbocycles. The van der Waals surface area contributed by atoms with Gasteiger partial charge >= 0.3 is 0 Å². The molecule has 0 bridgehead atoms. The third kappa shape index (κ3) is 2.75. The Bertz CT molecular complexity index is 810. The second-order valence-corrected chi connectivity index (χ2v) is 7.99. The van der Waals surface area contributed by atoms with Crippen molar-refractivity contribution in [2.24, 2.45) is 5.92 Å². The lowest BCUT2D eigenvalue weighted by molar-refractivity contribution is -0.121. The lowest BCUT2D eigenvalue weighted by Gasteiger charge is -2.26. The second kappa shape index (κ2) is 5.68. The minimum atomic E-state index is 0.0402. The van der Waals surface area contributed by atoms with Crippen LogP contribution in [0.15, 0.2) is 30.5 Å². The Kier molecular flexibility index (Phi) is 3.43. The smallest absolute Gasteiger partial charge is 0.241 e. The SMILES string of the molecule is O=C(Cn1cc(C2CC2)nn1)NC[C@H]1C[C@]12CCCc1ccccc12. The summed E-state index contributed by atoms with van der Waals surface area (Å²) in [5, 5.41) is 11.4. The molecule has 5 nitrogen and oxygen atoms in total. The molecule has 2 atom stereocenters. The maximum absolute atomic E-state index is 12.3. The first kappa shape index (κ1) is 15.1. The molecule has 5 heteroatoms. The van der Waals surface area contributed by atoms with Crippen LogP contribution in [0.1, 0.15) is 54.8 Å². The Labute approximate surface area is 147 Å². The van der Waals surface area contributed by atoms with Crippen LogP contribution in [-0.4, -0.2) is 27.4 Å². The molecule has 0 aliphatic heterocycles. The van der Waals surface area contributed by atoms with E-state index >= 15 is 0 Å². The number of benzene rings is 1. The third-order valence-corrected chi connectivity index (χ3v) is 6.26. The molecule has 1 heterocycles. The van der Waals surface area contributed by atoms with Gasteiger partial charge < -0.3 is 5.32 Å². The molecular weight excluding hydrogens is 312 g/mol. The minimum absolute atomic E-state index is 0.0402. The van der Waals surface area contributed by atoms with Crippen LogP contribution in [0, 0.1) is 5.92 Å². The fraction of sp³-hybridized carbons (Fsp3) is 0.550. The fourth-order valence-corrected chi connectivity index (χ4v) is 4.63. The van der Waals surface area contributed by atoms with Gasteiger partial charge in [-0.1, -0.05) is 29.5 Å². The number of aromatic nitrogens is 3. The Balaban J connectivity index is 1.18. The van der Waals surface area contributed by atoms with Crippen molar-refractivity contribution in [2.45, 2.75) is 56.4 Å². The summed E-state index contributed by atoms with van der Waals surface area (Å²) in [6.45, 7) is 1.05. The first-order valence-corrected chi connectivity index (χ1v) is 9.50. The quantitative estimate of drug-likeness (QED) is 0.913. The number of hydrogen-bond donors (Lipinski definition) is 1. The third-order valence-electron chi connectivity index (χ3n) is 6.26. The van der Waals surface area contributed by atoms with Crippen LogP contribution < -0.4 is 5.32 Å². The van der Waals surface area contributed by atoms with Crippen molar-refractivity contribution in [1.82, 2.24) is 20.3 Å². The molecule has 1 spiro atoms. The molecule has 0 saturated heterocycles. The molecule has 1 aromatic heterocycles. The van der Waals surface area contributed by atoms with Gasteiger partial charge in [0.2, 0.25) is 5.91 Å². The lowest BCUT2D eigenvalue weighted by atomic mass is 9.78. The Morgan fingerprint density at radius 3 is 3.08 bits per heavy atom. The van der Waals surface area contributed by atoms with Crippen LogP contribution in [0.4, 0.5) is 0 Å². The molecule has 5 rings (SSSR count). The molecule has 1 N–H and O–H groups in total. The molecule has 0 radical (unpaired) electrons. The number of amides is 1. The largest absolute Gasteiger partial charge is 0.354 e. The van der Waals surface area contributed by atoms with Crippen molar-refractivity contribution in [3.05, 3.63) is 47.3 Å². The maximum Gasteiger partial charge on any atom is 0.241 e.